The summed E-state index contributed by atoms with van der Waals surface area (Å²) in [5.74, 6) is 0. The molecule has 0 aliphatic rings. The van der Waals surface area contributed by atoms with E-state index < -0.39 is 0 Å². The van der Waals surface area contributed by atoms with Gasteiger partial charge in [0.2, 0.25) is 0 Å². The summed E-state index contributed by atoms with van der Waals surface area (Å²) in [4.78, 5) is 4.39. The molecule has 0 amide bonds. The topological polar surface area (TPSA) is 45.1 Å². The van der Waals surface area contributed by atoms with E-state index in [-0.39, 0.29) is 12.1 Å². The van der Waals surface area contributed by atoms with Gasteiger partial charge in [0.1, 0.15) is 0 Å². The highest BCUT2D eigenvalue weighted by Gasteiger charge is 2.14. The molecular formula is C15H18N2O. The van der Waals surface area contributed by atoms with Gasteiger partial charge in [-0.15, -0.1) is 0 Å². The second kappa shape index (κ2) is 6.28. The first-order valence-electron chi connectivity index (χ1n) is 6.14. The van der Waals surface area contributed by atoms with E-state index in [1.165, 1.54) is 0 Å². The molecule has 0 fully saturated rings. The van der Waals surface area contributed by atoms with E-state index >= 15 is 0 Å². The van der Waals surface area contributed by atoms with Crippen LogP contribution in [-0.4, -0.2) is 22.7 Å². The molecule has 1 heterocycles. The molecule has 2 N–H and O–H groups in total. The van der Waals surface area contributed by atoms with Gasteiger partial charge < -0.3 is 10.4 Å². The molecule has 3 nitrogen and oxygen atoms in total. The molecule has 2 atom stereocenters. The average Bonchev–Trinajstić information content (AvgIpc) is 2.41. The van der Waals surface area contributed by atoms with Gasteiger partial charge in [0, 0.05) is 12.7 Å². The highest BCUT2D eigenvalue weighted by Crippen LogP contribution is 2.19. The Labute approximate surface area is 108 Å². The van der Waals surface area contributed by atoms with Gasteiger partial charge in [0.25, 0.3) is 0 Å². The largest absolute Gasteiger partial charge is 0.392 e. The first-order chi connectivity index (χ1) is 8.77. The summed E-state index contributed by atoms with van der Waals surface area (Å²) >= 11 is 0. The number of nitrogens with one attached hydrogen (secondary N) is 1. The summed E-state index contributed by atoms with van der Waals surface area (Å²) in [7, 11) is 0. The zero-order valence-electron chi connectivity index (χ0n) is 10.5. The van der Waals surface area contributed by atoms with Crippen LogP contribution >= 0.6 is 0 Å². The van der Waals surface area contributed by atoms with Crippen molar-refractivity contribution in [3.8, 4) is 0 Å². The monoisotopic (exact) mass is 242 g/mol. The van der Waals surface area contributed by atoms with E-state index in [4.69, 9.17) is 0 Å². The summed E-state index contributed by atoms with van der Waals surface area (Å²) < 4.78 is 0. The van der Waals surface area contributed by atoms with Crippen LogP contribution in [0.4, 0.5) is 0 Å². The van der Waals surface area contributed by atoms with E-state index in [0.29, 0.717) is 6.54 Å². The Kier molecular flexibility index (Phi) is 4.45. The third-order valence-electron chi connectivity index (χ3n) is 2.73. The molecule has 1 unspecified atom stereocenters. The Bertz CT molecular complexity index is 417. The van der Waals surface area contributed by atoms with Gasteiger partial charge in [-0.25, -0.2) is 0 Å². The van der Waals surface area contributed by atoms with Crippen LogP contribution in [-0.2, 0) is 0 Å². The second-order valence-corrected chi connectivity index (χ2v) is 4.36. The molecule has 18 heavy (non-hydrogen) atoms. The molecule has 0 saturated heterocycles. The zero-order valence-corrected chi connectivity index (χ0v) is 10.5. The zero-order chi connectivity index (χ0) is 12.8. The minimum Gasteiger partial charge on any atom is -0.392 e. The SMILES string of the molecule is C[C@@H](O)CNC(c1ccccc1)c1ccccn1. The number of pyridine rings is 1. The quantitative estimate of drug-likeness (QED) is 0.844. The number of hydrogen-bond donors (Lipinski definition) is 2. The van der Waals surface area contributed by atoms with Crippen LogP contribution in [0.1, 0.15) is 24.2 Å². The number of hydrogen-bond acceptors (Lipinski definition) is 3. The number of aromatic nitrogens is 1. The van der Waals surface area contributed by atoms with E-state index in [2.05, 4.69) is 22.4 Å². The van der Waals surface area contributed by atoms with Crippen LogP contribution in [0.15, 0.2) is 54.7 Å². The normalized spacial score (nSPS) is 14.1. The minimum atomic E-state index is -0.375. The molecule has 2 rings (SSSR count). The van der Waals surface area contributed by atoms with Gasteiger partial charge in [-0.05, 0) is 24.6 Å². The third kappa shape index (κ3) is 3.39. The van der Waals surface area contributed by atoms with Gasteiger partial charge >= 0.3 is 0 Å². The van der Waals surface area contributed by atoms with Crippen molar-refractivity contribution in [1.29, 1.82) is 0 Å². The molecule has 0 aliphatic carbocycles. The Morgan fingerprint density at radius 3 is 2.44 bits per heavy atom. The van der Waals surface area contributed by atoms with Gasteiger partial charge in [-0.1, -0.05) is 36.4 Å². The number of aliphatic hydroxyl groups excluding tert-OH is 1. The molecule has 3 heteroatoms. The first-order valence-corrected chi connectivity index (χ1v) is 6.14. The molecule has 0 saturated carbocycles. The van der Waals surface area contributed by atoms with Crippen molar-refractivity contribution in [2.24, 2.45) is 0 Å². The van der Waals surface area contributed by atoms with Crippen LogP contribution in [0, 0.1) is 0 Å². The molecule has 94 valence electrons. The smallest absolute Gasteiger partial charge is 0.0752 e. The lowest BCUT2D eigenvalue weighted by Crippen LogP contribution is -2.30. The maximum atomic E-state index is 9.41. The Morgan fingerprint density at radius 2 is 1.83 bits per heavy atom. The second-order valence-electron chi connectivity index (χ2n) is 4.36. The van der Waals surface area contributed by atoms with Crippen molar-refractivity contribution < 1.29 is 5.11 Å². The Balaban J connectivity index is 2.24. The van der Waals surface area contributed by atoms with Gasteiger partial charge in [0.05, 0.1) is 17.8 Å². The van der Waals surface area contributed by atoms with E-state index in [1.54, 1.807) is 13.1 Å². The van der Waals surface area contributed by atoms with Crippen LogP contribution in [0.5, 0.6) is 0 Å². The number of aliphatic hydroxyl groups is 1. The number of rotatable bonds is 5. The maximum Gasteiger partial charge on any atom is 0.0752 e. The van der Waals surface area contributed by atoms with E-state index in [1.807, 2.05) is 36.4 Å². The van der Waals surface area contributed by atoms with Crippen molar-refractivity contribution in [3.05, 3.63) is 66.0 Å². The van der Waals surface area contributed by atoms with E-state index in [0.717, 1.165) is 11.3 Å². The predicted octanol–water partition coefficient (Wildman–Crippen LogP) is 2.14. The highest BCUT2D eigenvalue weighted by atomic mass is 16.3. The molecular weight excluding hydrogens is 224 g/mol. The molecule has 1 aromatic heterocycles. The van der Waals surface area contributed by atoms with Crippen molar-refractivity contribution in [2.75, 3.05) is 6.54 Å². The van der Waals surface area contributed by atoms with Crippen molar-refractivity contribution in [1.82, 2.24) is 10.3 Å². The standard InChI is InChI=1S/C15H18N2O/c1-12(18)11-17-15(13-7-3-2-4-8-13)14-9-5-6-10-16-14/h2-10,12,15,17-18H,11H2,1H3/t12-,15?/m1/s1. The van der Waals surface area contributed by atoms with Crippen LogP contribution in [0.2, 0.25) is 0 Å². The summed E-state index contributed by atoms with van der Waals surface area (Å²) in [6.45, 7) is 2.31. The van der Waals surface area contributed by atoms with E-state index in [9.17, 15) is 5.11 Å². The Hall–Kier alpha value is -1.71. The maximum absolute atomic E-state index is 9.41. The van der Waals surface area contributed by atoms with Gasteiger partial charge in [-0.2, -0.15) is 0 Å². The van der Waals surface area contributed by atoms with Crippen LogP contribution in [0.3, 0.4) is 0 Å². The summed E-state index contributed by atoms with van der Waals surface area (Å²) in [5, 5.41) is 12.8. The van der Waals surface area contributed by atoms with Gasteiger partial charge in [0.15, 0.2) is 0 Å². The van der Waals surface area contributed by atoms with Crippen molar-refractivity contribution in [2.45, 2.75) is 19.1 Å². The molecule has 0 bridgehead atoms. The molecule has 0 spiro atoms. The average molecular weight is 242 g/mol. The first kappa shape index (κ1) is 12.7. The van der Waals surface area contributed by atoms with Crippen LogP contribution in [0.25, 0.3) is 0 Å². The fraction of sp³-hybridized carbons (Fsp3) is 0.267. The fourth-order valence-corrected chi connectivity index (χ4v) is 1.87. The lowest BCUT2D eigenvalue weighted by Gasteiger charge is -2.19. The minimum absolute atomic E-state index is 0.0157. The number of benzene rings is 1. The molecule has 1 aromatic carbocycles. The predicted molar refractivity (Wildman–Crippen MR) is 72.2 cm³/mol. The number of nitrogens with zero attached hydrogens (tertiary/aromatic N) is 1. The lowest BCUT2D eigenvalue weighted by molar-refractivity contribution is 0.188. The van der Waals surface area contributed by atoms with Gasteiger partial charge in [-0.3, -0.25) is 4.98 Å². The van der Waals surface area contributed by atoms with Crippen molar-refractivity contribution >= 4 is 0 Å². The molecule has 2 aromatic rings. The summed E-state index contributed by atoms with van der Waals surface area (Å²) in [5.41, 5.74) is 2.11. The fourth-order valence-electron chi connectivity index (χ4n) is 1.87. The molecule has 0 aliphatic heterocycles. The molecule has 0 radical (unpaired) electrons. The summed E-state index contributed by atoms with van der Waals surface area (Å²) in [6, 6.07) is 16.0. The summed E-state index contributed by atoms with van der Waals surface area (Å²) in [6.07, 6.45) is 1.41. The Morgan fingerprint density at radius 1 is 1.11 bits per heavy atom. The lowest BCUT2D eigenvalue weighted by atomic mass is 10.0. The van der Waals surface area contributed by atoms with Crippen molar-refractivity contribution in [3.63, 3.8) is 0 Å². The van der Waals surface area contributed by atoms with Crippen LogP contribution < -0.4 is 5.32 Å². The highest BCUT2D eigenvalue weighted by molar-refractivity contribution is 5.27. The third-order valence-corrected chi connectivity index (χ3v) is 2.73.